The quantitative estimate of drug-likeness (QED) is 0.545. The maximum Gasteiger partial charge on any atom is 0.00437 e. The van der Waals surface area contributed by atoms with Crippen LogP contribution in [0.5, 0.6) is 0 Å². The molecule has 10 heavy (non-hydrogen) atoms. The molecular weight excluding hydrogens is 122 g/mol. The number of hydrogen-bond donors (Lipinski definition) is 1. The lowest BCUT2D eigenvalue weighted by Gasteiger charge is -2.14. The van der Waals surface area contributed by atoms with E-state index in [2.05, 4.69) is 26.1 Å². The Kier molecular flexibility index (Phi) is 2.72. The molecule has 0 amide bonds. The van der Waals surface area contributed by atoms with Gasteiger partial charge in [0.1, 0.15) is 0 Å². The van der Waals surface area contributed by atoms with E-state index < -0.39 is 0 Å². The molecule has 1 nitrogen and oxygen atoms in total. The van der Waals surface area contributed by atoms with Gasteiger partial charge in [0.05, 0.1) is 0 Å². The summed E-state index contributed by atoms with van der Waals surface area (Å²) in [6, 6.07) is 1.47. The Balaban J connectivity index is 2.38. The van der Waals surface area contributed by atoms with E-state index in [1.165, 1.54) is 19.3 Å². The van der Waals surface area contributed by atoms with Gasteiger partial charge in [-0.15, -0.1) is 0 Å². The highest BCUT2D eigenvalue weighted by Gasteiger charge is 2.16. The molecule has 1 N–H and O–H groups in total. The molecule has 0 radical (unpaired) electrons. The maximum atomic E-state index is 3.57. The summed E-state index contributed by atoms with van der Waals surface area (Å²) in [5.41, 5.74) is 0. The first-order chi connectivity index (χ1) is 4.68. The predicted molar refractivity (Wildman–Crippen MR) is 45.1 cm³/mol. The third-order valence-electron chi connectivity index (χ3n) is 2.42. The first kappa shape index (κ1) is 8.06. The molecule has 0 aromatic carbocycles. The predicted octanol–water partition coefficient (Wildman–Crippen LogP) is 2.17. The van der Waals surface area contributed by atoms with Gasteiger partial charge < -0.3 is 5.32 Å². The Bertz CT molecular complexity index is 88.9. The summed E-state index contributed by atoms with van der Waals surface area (Å²) in [6.45, 7) is 6.93. The second kappa shape index (κ2) is 3.38. The zero-order chi connectivity index (χ0) is 7.56. The molecule has 1 heterocycles. The van der Waals surface area contributed by atoms with E-state index in [0.717, 1.165) is 18.0 Å². The third kappa shape index (κ3) is 2.30. The van der Waals surface area contributed by atoms with Crippen LogP contribution in [-0.2, 0) is 0 Å². The zero-order valence-electron chi connectivity index (χ0n) is 7.35. The monoisotopic (exact) mass is 141 g/mol. The lowest BCUT2D eigenvalue weighted by molar-refractivity contribution is 0.449. The first-order valence-corrected chi connectivity index (χ1v) is 4.44. The number of rotatable bonds is 0. The van der Waals surface area contributed by atoms with E-state index in [1.807, 2.05) is 0 Å². The van der Waals surface area contributed by atoms with Gasteiger partial charge >= 0.3 is 0 Å². The van der Waals surface area contributed by atoms with E-state index >= 15 is 0 Å². The molecule has 3 atom stereocenters. The van der Waals surface area contributed by atoms with Crippen LogP contribution in [0.2, 0.25) is 0 Å². The zero-order valence-corrected chi connectivity index (χ0v) is 7.35. The van der Waals surface area contributed by atoms with Crippen LogP contribution in [-0.4, -0.2) is 12.1 Å². The van der Waals surface area contributed by atoms with Crippen molar-refractivity contribution >= 4 is 0 Å². The molecule has 0 saturated carbocycles. The van der Waals surface area contributed by atoms with Gasteiger partial charge in [0, 0.05) is 12.1 Å². The van der Waals surface area contributed by atoms with E-state index in [-0.39, 0.29) is 0 Å². The SMILES string of the molecule is CC1CCC(C)NC(C)C1. The fourth-order valence-corrected chi connectivity index (χ4v) is 1.89. The summed E-state index contributed by atoms with van der Waals surface area (Å²) < 4.78 is 0. The molecule has 0 aromatic heterocycles. The Morgan fingerprint density at radius 2 is 1.70 bits per heavy atom. The molecule has 1 rings (SSSR count). The molecule has 0 bridgehead atoms. The van der Waals surface area contributed by atoms with Crippen molar-refractivity contribution in [1.82, 2.24) is 5.32 Å². The molecule has 0 aromatic rings. The van der Waals surface area contributed by atoms with Crippen LogP contribution in [0.1, 0.15) is 40.0 Å². The molecule has 0 aliphatic carbocycles. The highest BCUT2D eigenvalue weighted by molar-refractivity contribution is 4.75. The molecule has 3 unspecified atom stereocenters. The van der Waals surface area contributed by atoms with E-state index in [0.29, 0.717) is 0 Å². The van der Waals surface area contributed by atoms with Gasteiger partial charge in [0.25, 0.3) is 0 Å². The van der Waals surface area contributed by atoms with Crippen molar-refractivity contribution in [3.05, 3.63) is 0 Å². The molecular formula is C9H19N. The van der Waals surface area contributed by atoms with Crippen molar-refractivity contribution in [3.8, 4) is 0 Å². The van der Waals surface area contributed by atoms with Crippen molar-refractivity contribution in [2.45, 2.75) is 52.1 Å². The van der Waals surface area contributed by atoms with Crippen LogP contribution in [0, 0.1) is 5.92 Å². The van der Waals surface area contributed by atoms with Gasteiger partial charge in [-0.1, -0.05) is 6.92 Å². The Labute approximate surface area is 64.2 Å². The van der Waals surface area contributed by atoms with Gasteiger partial charge in [0.15, 0.2) is 0 Å². The standard InChI is InChI=1S/C9H19N/c1-7-4-5-8(2)10-9(3)6-7/h7-10H,4-6H2,1-3H3. The fourth-order valence-electron chi connectivity index (χ4n) is 1.89. The summed E-state index contributed by atoms with van der Waals surface area (Å²) in [7, 11) is 0. The van der Waals surface area contributed by atoms with Crippen molar-refractivity contribution in [2.24, 2.45) is 5.92 Å². The highest BCUT2D eigenvalue weighted by Crippen LogP contribution is 2.18. The minimum Gasteiger partial charge on any atom is -0.312 e. The summed E-state index contributed by atoms with van der Waals surface area (Å²) in [5, 5.41) is 3.57. The summed E-state index contributed by atoms with van der Waals surface area (Å²) in [4.78, 5) is 0. The van der Waals surface area contributed by atoms with Crippen molar-refractivity contribution in [1.29, 1.82) is 0 Å². The molecule has 1 aliphatic heterocycles. The maximum absolute atomic E-state index is 3.57. The highest BCUT2D eigenvalue weighted by atomic mass is 14.9. The topological polar surface area (TPSA) is 12.0 Å². The van der Waals surface area contributed by atoms with Crippen LogP contribution in [0.3, 0.4) is 0 Å². The van der Waals surface area contributed by atoms with E-state index in [4.69, 9.17) is 0 Å². The molecule has 0 spiro atoms. The van der Waals surface area contributed by atoms with Gasteiger partial charge in [-0.05, 0) is 39.0 Å². The van der Waals surface area contributed by atoms with E-state index in [1.54, 1.807) is 0 Å². The first-order valence-electron chi connectivity index (χ1n) is 4.44. The third-order valence-corrected chi connectivity index (χ3v) is 2.42. The van der Waals surface area contributed by atoms with Crippen LogP contribution < -0.4 is 5.32 Å². The second-order valence-corrected chi connectivity index (χ2v) is 3.89. The van der Waals surface area contributed by atoms with Crippen molar-refractivity contribution in [3.63, 3.8) is 0 Å². The normalized spacial score (nSPS) is 42.9. The fraction of sp³-hybridized carbons (Fsp3) is 1.00. The van der Waals surface area contributed by atoms with Gasteiger partial charge in [-0.2, -0.15) is 0 Å². The van der Waals surface area contributed by atoms with Crippen LogP contribution in [0.15, 0.2) is 0 Å². The Morgan fingerprint density at radius 3 is 2.40 bits per heavy atom. The summed E-state index contributed by atoms with van der Waals surface area (Å²) in [5.74, 6) is 0.924. The lowest BCUT2D eigenvalue weighted by Crippen LogP contribution is -2.32. The van der Waals surface area contributed by atoms with Gasteiger partial charge in [-0.3, -0.25) is 0 Å². The van der Waals surface area contributed by atoms with Crippen molar-refractivity contribution in [2.75, 3.05) is 0 Å². The Morgan fingerprint density at radius 1 is 1.00 bits per heavy atom. The molecule has 1 fully saturated rings. The number of hydrogen-bond acceptors (Lipinski definition) is 1. The van der Waals surface area contributed by atoms with Gasteiger partial charge in [0.2, 0.25) is 0 Å². The summed E-state index contributed by atoms with van der Waals surface area (Å²) >= 11 is 0. The van der Waals surface area contributed by atoms with Crippen LogP contribution in [0.4, 0.5) is 0 Å². The number of nitrogens with one attached hydrogen (secondary N) is 1. The molecule has 1 saturated heterocycles. The average molecular weight is 141 g/mol. The van der Waals surface area contributed by atoms with Crippen molar-refractivity contribution < 1.29 is 0 Å². The lowest BCUT2D eigenvalue weighted by atomic mass is 9.99. The van der Waals surface area contributed by atoms with E-state index in [9.17, 15) is 0 Å². The smallest absolute Gasteiger partial charge is 0.00437 e. The van der Waals surface area contributed by atoms with Crippen LogP contribution in [0.25, 0.3) is 0 Å². The minimum absolute atomic E-state index is 0.729. The summed E-state index contributed by atoms with van der Waals surface area (Å²) in [6.07, 6.45) is 4.11. The molecule has 60 valence electrons. The van der Waals surface area contributed by atoms with Gasteiger partial charge in [-0.25, -0.2) is 0 Å². The molecule has 1 heteroatoms. The van der Waals surface area contributed by atoms with Crippen LogP contribution >= 0.6 is 0 Å². The largest absolute Gasteiger partial charge is 0.312 e. The molecule has 1 aliphatic rings. The second-order valence-electron chi connectivity index (χ2n) is 3.89. The Hall–Kier alpha value is -0.0400. The average Bonchev–Trinajstić information content (AvgIpc) is 1.93. The minimum atomic E-state index is 0.729.